The summed E-state index contributed by atoms with van der Waals surface area (Å²) >= 11 is 0. The molecule has 0 saturated heterocycles. The standard InChI is InChI=1S/C14H9FN2O3/c15-10-4-2-6-12(9(10)7-16)20-13-8(14(18)19)3-1-5-11(13)17/h1-6H,17H2,(H,18,19). The van der Waals surface area contributed by atoms with E-state index in [-0.39, 0.29) is 28.3 Å². The first-order valence-corrected chi connectivity index (χ1v) is 5.53. The second-order valence-corrected chi connectivity index (χ2v) is 3.86. The van der Waals surface area contributed by atoms with E-state index in [4.69, 9.17) is 20.8 Å². The Morgan fingerprint density at radius 2 is 2.00 bits per heavy atom. The zero-order valence-corrected chi connectivity index (χ0v) is 10.1. The molecule has 0 radical (unpaired) electrons. The molecule has 100 valence electrons. The third-order valence-corrected chi connectivity index (χ3v) is 2.58. The van der Waals surface area contributed by atoms with Crippen LogP contribution in [0.2, 0.25) is 0 Å². The molecule has 0 heterocycles. The number of carbonyl (C=O) groups is 1. The van der Waals surface area contributed by atoms with Crippen LogP contribution >= 0.6 is 0 Å². The molecular formula is C14H9FN2O3. The Balaban J connectivity index is 2.54. The highest BCUT2D eigenvalue weighted by Gasteiger charge is 2.17. The average Bonchev–Trinajstić information content (AvgIpc) is 2.41. The van der Waals surface area contributed by atoms with E-state index >= 15 is 0 Å². The number of ether oxygens (including phenoxy) is 1. The lowest BCUT2D eigenvalue weighted by atomic mass is 10.1. The van der Waals surface area contributed by atoms with Gasteiger partial charge in [0.2, 0.25) is 0 Å². The van der Waals surface area contributed by atoms with E-state index in [1.54, 1.807) is 6.07 Å². The molecule has 3 N–H and O–H groups in total. The zero-order valence-electron chi connectivity index (χ0n) is 10.1. The number of carboxylic acids is 1. The van der Waals surface area contributed by atoms with Crippen molar-refractivity contribution in [1.82, 2.24) is 0 Å². The molecule has 0 atom stereocenters. The first-order valence-electron chi connectivity index (χ1n) is 5.53. The third kappa shape index (κ3) is 2.37. The van der Waals surface area contributed by atoms with Gasteiger partial charge in [-0.2, -0.15) is 5.26 Å². The molecule has 0 amide bonds. The normalized spacial score (nSPS) is 9.80. The lowest BCUT2D eigenvalue weighted by Crippen LogP contribution is -2.03. The van der Waals surface area contributed by atoms with Crippen molar-refractivity contribution in [2.24, 2.45) is 0 Å². The van der Waals surface area contributed by atoms with E-state index in [2.05, 4.69) is 0 Å². The van der Waals surface area contributed by atoms with Crippen molar-refractivity contribution in [3.8, 4) is 17.6 Å². The Bertz CT molecular complexity index is 723. The molecule has 2 aromatic carbocycles. The van der Waals surface area contributed by atoms with Crippen LogP contribution in [0.1, 0.15) is 15.9 Å². The van der Waals surface area contributed by atoms with Crippen molar-refractivity contribution in [2.45, 2.75) is 0 Å². The van der Waals surface area contributed by atoms with E-state index < -0.39 is 11.8 Å². The molecule has 0 spiro atoms. The summed E-state index contributed by atoms with van der Waals surface area (Å²) < 4.78 is 18.8. The van der Waals surface area contributed by atoms with Crippen molar-refractivity contribution < 1.29 is 19.0 Å². The number of carboxylic acid groups (broad SMARTS) is 1. The Kier molecular flexibility index (Phi) is 3.53. The van der Waals surface area contributed by atoms with E-state index in [1.807, 2.05) is 0 Å². The van der Waals surface area contributed by atoms with Crippen molar-refractivity contribution in [3.05, 3.63) is 53.3 Å². The number of hydrogen-bond acceptors (Lipinski definition) is 4. The van der Waals surface area contributed by atoms with Gasteiger partial charge in [0.05, 0.1) is 5.69 Å². The molecular weight excluding hydrogens is 263 g/mol. The molecule has 20 heavy (non-hydrogen) atoms. The summed E-state index contributed by atoms with van der Waals surface area (Å²) in [5.41, 5.74) is 5.27. The van der Waals surface area contributed by atoms with Crippen molar-refractivity contribution >= 4 is 11.7 Å². The number of hydrogen-bond donors (Lipinski definition) is 2. The van der Waals surface area contributed by atoms with Crippen molar-refractivity contribution in [1.29, 1.82) is 5.26 Å². The predicted molar refractivity (Wildman–Crippen MR) is 69.0 cm³/mol. The van der Waals surface area contributed by atoms with Gasteiger partial charge in [-0.25, -0.2) is 9.18 Å². The van der Waals surface area contributed by atoms with Crippen LogP contribution < -0.4 is 10.5 Å². The highest BCUT2D eigenvalue weighted by atomic mass is 19.1. The molecule has 0 aliphatic rings. The van der Waals surface area contributed by atoms with Crippen molar-refractivity contribution in [3.63, 3.8) is 0 Å². The number of halogens is 1. The first kappa shape index (κ1) is 13.4. The topological polar surface area (TPSA) is 96.3 Å². The van der Waals surface area contributed by atoms with Crippen LogP contribution in [-0.4, -0.2) is 11.1 Å². The molecule has 2 aromatic rings. The predicted octanol–water partition coefficient (Wildman–Crippen LogP) is 2.77. The summed E-state index contributed by atoms with van der Waals surface area (Å²) in [5.74, 6) is -2.20. The molecule has 0 aliphatic carbocycles. The fourth-order valence-electron chi connectivity index (χ4n) is 1.65. The maximum Gasteiger partial charge on any atom is 0.339 e. The summed E-state index contributed by atoms with van der Waals surface area (Å²) in [6.07, 6.45) is 0. The monoisotopic (exact) mass is 272 g/mol. The maximum absolute atomic E-state index is 13.5. The van der Waals surface area contributed by atoms with Gasteiger partial charge in [-0.05, 0) is 24.3 Å². The summed E-state index contributed by atoms with van der Waals surface area (Å²) in [6, 6.07) is 9.70. The van der Waals surface area contributed by atoms with Crippen LogP contribution in [0.4, 0.5) is 10.1 Å². The Morgan fingerprint density at radius 3 is 2.65 bits per heavy atom. The lowest BCUT2D eigenvalue weighted by Gasteiger charge is -2.12. The van der Waals surface area contributed by atoms with Gasteiger partial charge < -0.3 is 15.6 Å². The van der Waals surface area contributed by atoms with Gasteiger partial charge in [0.1, 0.15) is 28.8 Å². The third-order valence-electron chi connectivity index (χ3n) is 2.58. The smallest absolute Gasteiger partial charge is 0.339 e. The number of benzene rings is 2. The van der Waals surface area contributed by atoms with E-state index in [1.165, 1.54) is 30.3 Å². The minimum absolute atomic E-state index is 0.0815. The molecule has 0 aliphatic heterocycles. The highest BCUT2D eigenvalue weighted by Crippen LogP contribution is 2.33. The van der Waals surface area contributed by atoms with Gasteiger partial charge in [-0.3, -0.25) is 0 Å². The molecule has 2 rings (SSSR count). The molecule has 6 heteroatoms. The van der Waals surface area contributed by atoms with Crippen LogP contribution in [0.3, 0.4) is 0 Å². The molecule has 0 unspecified atom stereocenters. The summed E-state index contributed by atoms with van der Waals surface area (Å²) in [5, 5.41) is 18.0. The zero-order chi connectivity index (χ0) is 14.7. The van der Waals surface area contributed by atoms with Crippen molar-refractivity contribution in [2.75, 3.05) is 5.73 Å². The van der Waals surface area contributed by atoms with E-state index in [9.17, 15) is 9.18 Å². The number of nitriles is 1. The van der Waals surface area contributed by atoms with Gasteiger partial charge >= 0.3 is 5.97 Å². The first-order chi connectivity index (χ1) is 9.54. The quantitative estimate of drug-likeness (QED) is 0.837. The van der Waals surface area contributed by atoms with E-state index in [0.29, 0.717) is 0 Å². The van der Waals surface area contributed by atoms with Crippen LogP contribution in [0.25, 0.3) is 0 Å². The lowest BCUT2D eigenvalue weighted by molar-refractivity contribution is 0.0694. The summed E-state index contributed by atoms with van der Waals surface area (Å²) in [4.78, 5) is 11.1. The van der Waals surface area contributed by atoms with E-state index in [0.717, 1.165) is 6.07 Å². The molecule has 0 fully saturated rings. The van der Waals surface area contributed by atoms with Crippen LogP contribution in [-0.2, 0) is 0 Å². The number of nitrogen functional groups attached to an aromatic ring is 1. The molecule has 0 saturated carbocycles. The number of anilines is 1. The highest BCUT2D eigenvalue weighted by molar-refractivity contribution is 5.93. The molecule has 5 nitrogen and oxygen atoms in total. The fourth-order valence-corrected chi connectivity index (χ4v) is 1.65. The minimum atomic E-state index is -1.23. The largest absolute Gasteiger partial charge is 0.478 e. The number of para-hydroxylation sites is 1. The number of aromatic carboxylic acids is 1. The van der Waals surface area contributed by atoms with Crippen LogP contribution in [0.5, 0.6) is 11.5 Å². The van der Waals surface area contributed by atoms with Gasteiger partial charge in [0.25, 0.3) is 0 Å². The Hall–Kier alpha value is -3.07. The summed E-state index contributed by atoms with van der Waals surface area (Å²) in [6.45, 7) is 0. The number of nitrogens with zero attached hydrogens (tertiary/aromatic N) is 1. The van der Waals surface area contributed by atoms with Gasteiger partial charge in [-0.1, -0.05) is 12.1 Å². The molecule has 0 bridgehead atoms. The maximum atomic E-state index is 13.5. The fraction of sp³-hybridized carbons (Fsp3) is 0. The van der Waals surface area contributed by atoms with Crippen LogP contribution in [0.15, 0.2) is 36.4 Å². The average molecular weight is 272 g/mol. The number of rotatable bonds is 3. The van der Waals surface area contributed by atoms with Crippen LogP contribution in [0, 0.1) is 17.1 Å². The molecule has 0 aromatic heterocycles. The van der Waals surface area contributed by atoms with Gasteiger partial charge in [0.15, 0.2) is 5.75 Å². The SMILES string of the molecule is N#Cc1c(F)cccc1Oc1c(N)cccc1C(=O)O. The second-order valence-electron chi connectivity index (χ2n) is 3.86. The summed E-state index contributed by atoms with van der Waals surface area (Å²) in [7, 11) is 0. The van der Waals surface area contributed by atoms with Gasteiger partial charge in [0, 0.05) is 0 Å². The minimum Gasteiger partial charge on any atom is -0.478 e. The Labute approximate surface area is 113 Å². The van der Waals surface area contributed by atoms with Gasteiger partial charge in [-0.15, -0.1) is 0 Å². The number of nitrogens with two attached hydrogens (primary N) is 1. The second kappa shape index (κ2) is 5.28. The Morgan fingerprint density at radius 1 is 1.30 bits per heavy atom.